The zero-order chi connectivity index (χ0) is 9.57. The molecule has 1 aliphatic heterocycles. The Kier molecular flexibility index (Phi) is 4.74. The number of nitrogens with one attached hydrogen (secondary N) is 1. The quantitative estimate of drug-likeness (QED) is 0.705. The Labute approximate surface area is 82.0 Å². The Balaban J connectivity index is 2.40. The molecule has 1 saturated heterocycles. The van der Waals surface area contributed by atoms with E-state index in [1.807, 2.05) is 0 Å². The first-order valence-corrected chi connectivity index (χ1v) is 5.32. The number of methoxy groups -OCH3 is 1. The van der Waals surface area contributed by atoms with Gasteiger partial charge >= 0.3 is 0 Å². The fraction of sp³-hybridized carbons (Fsp3) is 0.909. The van der Waals surface area contributed by atoms with Crippen LogP contribution in [0.2, 0.25) is 0 Å². The van der Waals surface area contributed by atoms with Gasteiger partial charge < -0.3 is 10.1 Å². The number of piperidine rings is 1. The highest BCUT2D eigenvalue weighted by Crippen LogP contribution is 2.37. The maximum atomic E-state index is 5.18. The normalized spacial score (nSPS) is 21.7. The summed E-state index contributed by atoms with van der Waals surface area (Å²) in [6.45, 7) is 7.22. The first kappa shape index (κ1) is 11.0. The molecular formula is C11H22NO. The fourth-order valence-corrected chi connectivity index (χ4v) is 2.28. The largest absolute Gasteiger partial charge is 0.385 e. The van der Waals surface area contributed by atoms with Crippen LogP contribution < -0.4 is 5.32 Å². The summed E-state index contributed by atoms with van der Waals surface area (Å²) >= 11 is 0. The molecule has 0 saturated carbocycles. The first-order valence-electron chi connectivity index (χ1n) is 5.32. The Morgan fingerprint density at radius 2 is 2.00 bits per heavy atom. The molecule has 0 aliphatic carbocycles. The van der Waals surface area contributed by atoms with Gasteiger partial charge in [0.2, 0.25) is 0 Å². The van der Waals surface area contributed by atoms with Crippen molar-refractivity contribution in [1.29, 1.82) is 0 Å². The minimum absolute atomic E-state index is 0.531. The molecule has 2 heteroatoms. The first-order chi connectivity index (χ1) is 6.33. The summed E-state index contributed by atoms with van der Waals surface area (Å²) in [5.41, 5.74) is 0.531. The second-order valence-corrected chi connectivity index (χ2v) is 4.10. The van der Waals surface area contributed by atoms with Crippen LogP contribution in [0.1, 0.15) is 32.1 Å². The highest BCUT2D eigenvalue weighted by atomic mass is 16.5. The van der Waals surface area contributed by atoms with Crippen LogP contribution in [0, 0.1) is 12.3 Å². The summed E-state index contributed by atoms with van der Waals surface area (Å²) in [5, 5.41) is 3.41. The zero-order valence-electron chi connectivity index (χ0n) is 8.77. The molecule has 77 valence electrons. The van der Waals surface area contributed by atoms with E-state index in [4.69, 9.17) is 4.74 Å². The monoisotopic (exact) mass is 184 g/mol. The Morgan fingerprint density at radius 1 is 1.31 bits per heavy atom. The van der Waals surface area contributed by atoms with Gasteiger partial charge in [-0.05, 0) is 44.2 Å². The summed E-state index contributed by atoms with van der Waals surface area (Å²) in [6.07, 6.45) is 6.13. The van der Waals surface area contributed by atoms with Gasteiger partial charge in [-0.25, -0.2) is 0 Å². The van der Waals surface area contributed by atoms with Crippen molar-refractivity contribution >= 4 is 0 Å². The van der Waals surface area contributed by atoms with E-state index in [1.165, 1.54) is 38.8 Å². The van der Waals surface area contributed by atoms with Gasteiger partial charge in [0, 0.05) is 13.7 Å². The van der Waals surface area contributed by atoms with Crippen molar-refractivity contribution in [1.82, 2.24) is 5.32 Å². The smallest absolute Gasteiger partial charge is 0.0467 e. The van der Waals surface area contributed by atoms with E-state index < -0.39 is 0 Å². The molecule has 0 bridgehead atoms. The molecule has 1 N–H and O–H groups in total. The Morgan fingerprint density at radius 3 is 2.54 bits per heavy atom. The molecule has 2 nitrogen and oxygen atoms in total. The van der Waals surface area contributed by atoms with E-state index in [0.717, 1.165) is 13.0 Å². The molecular weight excluding hydrogens is 162 g/mol. The lowest BCUT2D eigenvalue weighted by Gasteiger charge is -2.37. The molecule has 1 radical (unpaired) electrons. The van der Waals surface area contributed by atoms with Crippen molar-refractivity contribution in [3.05, 3.63) is 6.92 Å². The van der Waals surface area contributed by atoms with Gasteiger partial charge in [-0.1, -0.05) is 13.3 Å². The van der Waals surface area contributed by atoms with Crippen molar-refractivity contribution in [3.8, 4) is 0 Å². The van der Waals surface area contributed by atoms with Crippen molar-refractivity contribution in [2.45, 2.75) is 32.1 Å². The lowest BCUT2D eigenvalue weighted by Crippen LogP contribution is -2.37. The standard InChI is InChI=1S/C11H22NO/c1-3-4-11(7-10-13-2)5-8-12-9-6-11/h12H,1,3-10H2,2H3. The van der Waals surface area contributed by atoms with Crippen molar-refractivity contribution < 1.29 is 4.74 Å². The molecule has 0 amide bonds. The van der Waals surface area contributed by atoms with E-state index in [9.17, 15) is 0 Å². The van der Waals surface area contributed by atoms with E-state index >= 15 is 0 Å². The van der Waals surface area contributed by atoms with Gasteiger partial charge in [0.1, 0.15) is 0 Å². The molecule has 1 heterocycles. The number of rotatable bonds is 5. The molecule has 0 spiro atoms. The van der Waals surface area contributed by atoms with Crippen LogP contribution in [-0.4, -0.2) is 26.8 Å². The second kappa shape index (κ2) is 5.61. The van der Waals surface area contributed by atoms with Gasteiger partial charge in [-0.3, -0.25) is 0 Å². The molecule has 0 unspecified atom stereocenters. The van der Waals surface area contributed by atoms with Gasteiger partial charge in [-0.15, -0.1) is 0 Å². The van der Waals surface area contributed by atoms with Crippen molar-refractivity contribution in [2.75, 3.05) is 26.8 Å². The average molecular weight is 184 g/mol. The van der Waals surface area contributed by atoms with E-state index in [1.54, 1.807) is 7.11 Å². The highest BCUT2D eigenvalue weighted by Gasteiger charge is 2.30. The highest BCUT2D eigenvalue weighted by molar-refractivity contribution is 4.84. The number of hydrogen-bond donors (Lipinski definition) is 1. The number of hydrogen-bond acceptors (Lipinski definition) is 2. The van der Waals surface area contributed by atoms with Crippen molar-refractivity contribution in [2.24, 2.45) is 5.41 Å². The van der Waals surface area contributed by atoms with Gasteiger partial charge in [0.15, 0.2) is 0 Å². The zero-order valence-corrected chi connectivity index (χ0v) is 8.77. The molecule has 1 fully saturated rings. The topological polar surface area (TPSA) is 21.3 Å². The van der Waals surface area contributed by atoms with Crippen LogP contribution in [0.3, 0.4) is 0 Å². The van der Waals surface area contributed by atoms with E-state index in [0.29, 0.717) is 5.41 Å². The van der Waals surface area contributed by atoms with Crippen LogP contribution in [0.15, 0.2) is 0 Å². The molecule has 0 aromatic carbocycles. The molecule has 0 atom stereocenters. The fourth-order valence-electron chi connectivity index (χ4n) is 2.28. The Hall–Kier alpha value is -0.0800. The second-order valence-electron chi connectivity index (χ2n) is 4.10. The van der Waals surface area contributed by atoms with Gasteiger partial charge in [0.05, 0.1) is 0 Å². The van der Waals surface area contributed by atoms with E-state index in [-0.39, 0.29) is 0 Å². The molecule has 1 rings (SSSR count). The summed E-state index contributed by atoms with van der Waals surface area (Å²) in [6, 6.07) is 0. The molecule has 0 aromatic heterocycles. The maximum Gasteiger partial charge on any atom is 0.0467 e. The summed E-state index contributed by atoms with van der Waals surface area (Å²) in [4.78, 5) is 0. The minimum Gasteiger partial charge on any atom is -0.385 e. The summed E-state index contributed by atoms with van der Waals surface area (Å²) in [7, 11) is 1.79. The average Bonchev–Trinajstić information content (AvgIpc) is 2.17. The van der Waals surface area contributed by atoms with Gasteiger partial charge in [0.25, 0.3) is 0 Å². The van der Waals surface area contributed by atoms with Gasteiger partial charge in [-0.2, -0.15) is 0 Å². The van der Waals surface area contributed by atoms with Crippen molar-refractivity contribution in [3.63, 3.8) is 0 Å². The molecule has 0 aromatic rings. The molecule has 13 heavy (non-hydrogen) atoms. The van der Waals surface area contributed by atoms with E-state index in [2.05, 4.69) is 12.2 Å². The lowest BCUT2D eigenvalue weighted by molar-refractivity contribution is 0.101. The summed E-state index contributed by atoms with van der Waals surface area (Å²) < 4.78 is 5.18. The van der Waals surface area contributed by atoms with Crippen LogP contribution in [0.5, 0.6) is 0 Å². The third-order valence-corrected chi connectivity index (χ3v) is 3.21. The van der Waals surface area contributed by atoms with Crippen LogP contribution in [0.4, 0.5) is 0 Å². The van der Waals surface area contributed by atoms with Crippen LogP contribution >= 0.6 is 0 Å². The number of ether oxygens (including phenoxy) is 1. The summed E-state index contributed by atoms with van der Waals surface area (Å²) in [5.74, 6) is 0. The predicted octanol–water partition coefficient (Wildman–Crippen LogP) is 2.01. The minimum atomic E-state index is 0.531. The maximum absolute atomic E-state index is 5.18. The van der Waals surface area contributed by atoms with Crippen LogP contribution in [-0.2, 0) is 4.74 Å². The Bertz CT molecular complexity index is 125. The third-order valence-electron chi connectivity index (χ3n) is 3.21. The molecule has 1 aliphatic rings. The lowest BCUT2D eigenvalue weighted by atomic mass is 9.73. The SMILES string of the molecule is [CH2]CCC1(CCOC)CCNCC1. The predicted molar refractivity (Wildman–Crippen MR) is 55.6 cm³/mol. The van der Waals surface area contributed by atoms with Crippen LogP contribution in [0.25, 0.3) is 0 Å². The third kappa shape index (κ3) is 3.28.